The van der Waals surface area contributed by atoms with E-state index < -0.39 is 10.0 Å². The van der Waals surface area contributed by atoms with E-state index in [0.29, 0.717) is 18.5 Å². The van der Waals surface area contributed by atoms with Gasteiger partial charge < -0.3 is 5.73 Å². The van der Waals surface area contributed by atoms with Gasteiger partial charge in [0.1, 0.15) is 5.84 Å². The maximum atomic E-state index is 11.8. The minimum absolute atomic E-state index is 0.0177. The summed E-state index contributed by atoms with van der Waals surface area (Å²) in [7, 11) is -1.63. The summed E-state index contributed by atoms with van der Waals surface area (Å²) in [4.78, 5) is 0. The third kappa shape index (κ3) is 3.82. The van der Waals surface area contributed by atoms with Crippen LogP contribution in [0.4, 0.5) is 0 Å². The van der Waals surface area contributed by atoms with Gasteiger partial charge in [-0.05, 0) is 18.1 Å². The summed E-state index contributed by atoms with van der Waals surface area (Å²) >= 11 is 0. The van der Waals surface area contributed by atoms with Gasteiger partial charge in [-0.15, -0.1) is 0 Å². The lowest BCUT2D eigenvalue weighted by Crippen LogP contribution is -2.28. The Morgan fingerprint density at radius 1 is 1.44 bits per heavy atom. The summed E-state index contributed by atoms with van der Waals surface area (Å²) < 4.78 is 25.0. The molecule has 0 aromatic heterocycles. The van der Waals surface area contributed by atoms with Crippen LogP contribution in [-0.4, -0.2) is 31.4 Å². The first-order valence-corrected chi connectivity index (χ1v) is 7.35. The quantitative estimate of drug-likeness (QED) is 0.599. The molecule has 0 saturated heterocycles. The van der Waals surface area contributed by atoms with Crippen LogP contribution in [0.25, 0.3) is 0 Å². The monoisotopic (exact) mass is 269 g/mol. The van der Waals surface area contributed by atoms with Crippen molar-refractivity contribution >= 4 is 15.9 Å². The molecule has 0 aliphatic heterocycles. The van der Waals surface area contributed by atoms with Gasteiger partial charge in [0.2, 0.25) is 10.0 Å². The van der Waals surface area contributed by atoms with E-state index in [1.54, 1.807) is 25.2 Å². The Morgan fingerprint density at radius 3 is 2.67 bits per heavy atom. The van der Waals surface area contributed by atoms with Gasteiger partial charge in [0.25, 0.3) is 0 Å². The van der Waals surface area contributed by atoms with Crippen LogP contribution in [0.1, 0.15) is 24.5 Å². The molecule has 0 radical (unpaired) electrons. The van der Waals surface area contributed by atoms with Gasteiger partial charge in [0.05, 0.1) is 5.75 Å². The molecule has 1 rings (SSSR count). The lowest BCUT2D eigenvalue weighted by Gasteiger charge is -2.17. The summed E-state index contributed by atoms with van der Waals surface area (Å²) in [5.41, 5.74) is 6.83. The molecule has 0 atom stereocenters. The first kappa shape index (κ1) is 14.7. The number of nitrogens with two attached hydrogens (primary N) is 1. The van der Waals surface area contributed by atoms with Crippen LogP contribution < -0.4 is 5.73 Å². The zero-order valence-corrected chi connectivity index (χ0v) is 11.5. The summed E-state index contributed by atoms with van der Waals surface area (Å²) in [5.74, 6) is 0.131. The zero-order chi connectivity index (χ0) is 13.8. The predicted molar refractivity (Wildman–Crippen MR) is 73.0 cm³/mol. The van der Waals surface area contributed by atoms with E-state index in [0.717, 1.165) is 5.56 Å². The molecule has 5 nitrogen and oxygen atoms in total. The Balaban J connectivity index is 2.85. The van der Waals surface area contributed by atoms with Crippen LogP contribution in [0, 0.1) is 5.41 Å². The number of amidine groups is 1. The molecule has 18 heavy (non-hydrogen) atoms. The molecule has 0 heterocycles. The molecular weight excluding hydrogens is 250 g/mol. The van der Waals surface area contributed by atoms with Gasteiger partial charge in [-0.25, -0.2) is 12.7 Å². The van der Waals surface area contributed by atoms with Gasteiger partial charge in [-0.1, -0.05) is 25.1 Å². The third-order valence-electron chi connectivity index (χ3n) is 2.58. The summed E-state index contributed by atoms with van der Waals surface area (Å²) in [6.45, 7) is 2.13. The highest BCUT2D eigenvalue weighted by atomic mass is 32.2. The SMILES string of the molecule is CCCS(=O)(=O)N(C)Cc1cccc(C(=N)N)c1. The molecule has 1 aromatic rings. The first-order valence-electron chi connectivity index (χ1n) is 5.74. The van der Waals surface area contributed by atoms with Gasteiger partial charge in [0.15, 0.2) is 0 Å². The predicted octanol–water partition coefficient (Wildman–Crippen LogP) is 1.14. The number of hydrogen-bond donors (Lipinski definition) is 2. The third-order valence-corrected chi connectivity index (χ3v) is 4.58. The molecule has 0 unspecified atom stereocenters. The van der Waals surface area contributed by atoms with Gasteiger partial charge in [0, 0.05) is 19.2 Å². The molecule has 0 amide bonds. The standard InChI is InChI=1S/C12H19N3O2S/c1-3-7-18(16,17)15(2)9-10-5-4-6-11(8-10)12(13)14/h4-6,8H,3,7,9H2,1-2H3,(H3,13,14). The van der Waals surface area contributed by atoms with Crippen LogP contribution in [0.5, 0.6) is 0 Å². The summed E-state index contributed by atoms with van der Waals surface area (Å²) in [6.07, 6.45) is 0.597. The molecule has 0 aliphatic carbocycles. The van der Waals surface area contributed by atoms with Crippen molar-refractivity contribution in [3.63, 3.8) is 0 Å². The van der Waals surface area contributed by atoms with Crippen LogP contribution in [0.2, 0.25) is 0 Å². The largest absolute Gasteiger partial charge is 0.384 e. The fraction of sp³-hybridized carbons (Fsp3) is 0.417. The minimum atomic E-state index is -3.19. The van der Waals surface area contributed by atoms with Crippen molar-refractivity contribution in [2.45, 2.75) is 19.9 Å². The van der Waals surface area contributed by atoms with E-state index in [4.69, 9.17) is 11.1 Å². The van der Waals surface area contributed by atoms with Crippen molar-refractivity contribution < 1.29 is 8.42 Å². The van der Waals surface area contributed by atoms with Crippen molar-refractivity contribution in [1.82, 2.24) is 4.31 Å². The topological polar surface area (TPSA) is 87.2 Å². The minimum Gasteiger partial charge on any atom is -0.384 e. The molecule has 100 valence electrons. The van der Waals surface area contributed by atoms with Crippen molar-refractivity contribution in [1.29, 1.82) is 5.41 Å². The van der Waals surface area contributed by atoms with E-state index in [9.17, 15) is 8.42 Å². The fourth-order valence-corrected chi connectivity index (χ4v) is 2.78. The van der Waals surface area contributed by atoms with E-state index in [2.05, 4.69) is 0 Å². The van der Waals surface area contributed by atoms with E-state index >= 15 is 0 Å². The highest BCUT2D eigenvalue weighted by Crippen LogP contribution is 2.10. The number of sulfonamides is 1. The number of rotatable bonds is 6. The fourth-order valence-electron chi connectivity index (χ4n) is 1.61. The Kier molecular flexibility index (Phi) is 4.86. The van der Waals surface area contributed by atoms with Crippen LogP contribution in [-0.2, 0) is 16.6 Å². The molecule has 0 fully saturated rings. The maximum Gasteiger partial charge on any atom is 0.214 e. The normalized spacial score (nSPS) is 11.7. The van der Waals surface area contributed by atoms with Crippen LogP contribution in [0.15, 0.2) is 24.3 Å². The number of nitrogens with zero attached hydrogens (tertiary/aromatic N) is 1. The van der Waals surface area contributed by atoms with Crippen LogP contribution in [0.3, 0.4) is 0 Å². The smallest absolute Gasteiger partial charge is 0.214 e. The number of nitrogen functional groups attached to an aromatic ring is 1. The molecule has 6 heteroatoms. The van der Waals surface area contributed by atoms with Crippen LogP contribution >= 0.6 is 0 Å². The zero-order valence-electron chi connectivity index (χ0n) is 10.7. The van der Waals surface area contributed by atoms with Crippen molar-refractivity contribution in [3.8, 4) is 0 Å². The van der Waals surface area contributed by atoms with E-state index in [-0.39, 0.29) is 11.6 Å². The molecule has 0 spiro atoms. The molecular formula is C12H19N3O2S. The maximum absolute atomic E-state index is 11.8. The Morgan fingerprint density at radius 2 is 2.11 bits per heavy atom. The number of nitrogens with one attached hydrogen (secondary N) is 1. The summed E-state index contributed by atoms with van der Waals surface area (Å²) in [6, 6.07) is 7.06. The first-order chi connectivity index (χ1) is 8.36. The lowest BCUT2D eigenvalue weighted by atomic mass is 10.1. The average Bonchev–Trinajstić information content (AvgIpc) is 2.29. The molecule has 0 bridgehead atoms. The van der Waals surface area contributed by atoms with Crippen molar-refractivity contribution in [3.05, 3.63) is 35.4 Å². The number of benzene rings is 1. The van der Waals surface area contributed by atoms with Crippen molar-refractivity contribution in [2.24, 2.45) is 5.73 Å². The average molecular weight is 269 g/mol. The summed E-state index contributed by atoms with van der Waals surface area (Å²) in [5, 5.41) is 7.35. The second-order valence-electron chi connectivity index (χ2n) is 4.19. The van der Waals surface area contributed by atoms with Gasteiger partial charge >= 0.3 is 0 Å². The lowest BCUT2D eigenvalue weighted by molar-refractivity contribution is 0.466. The second-order valence-corrected chi connectivity index (χ2v) is 6.38. The Hall–Kier alpha value is -1.40. The Bertz CT molecular complexity index is 526. The highest BCUT2D eigenvalue weighted by Gasteiger charge is 2.16. The second kappa shape index (κ2) is 5.97. The van der Waals surface area contributed by atoms with Gasteiger partial charge in [-0.2, -0.15) is 0 Å². The Labute approximate surface area is 108 Å². The van der Waals surface area contributed by atoms with Crippen molar-refractivity contribution in [2.75, 3.05) is 12.8 Å². The molecule has 0 saturated carbocycles. The molecule has 1 aromatic carbocycles. The van der Waals surface area contributed by atoms with Gasteiger partial charge in [-0.3, -0.25) is 5.41 Å². The number of hydrogen-bond acceptors (Lipinski definition) is 3. The molecule has 0 aliphatic rings. The van der Waals surface area contributed by atoms with E-state index in [1.165, 1.54) is 4.31 Å². The molecule has 3 N–H and O–H groups in total. The van der Waals surface area contributed by atoms with E-state index in [1.807, 2.05) is 13.0 Å². The highest BCUT2D eigenvalue weighted by molar-refractivity contribution is 7.89.